The van der Waals surface area contributed by atoms with Gasteiger partial charge >= 0.3 is 6.09 Å². The predicted octanol–water partition coefficient (Wildman–Crippen LogP) is 4.19. The summed E-state index contributed by atoms with van der Waals surface area (Å²) >= 11 is 6.95. The van der Waals surface area contributed by atoms with Crippen molar-refractivity contribution in [3.63, 3.8) is 0 Å². The molecule has 0 aliphatic carbocycles. The van der Waals surface area contributed by atoms with Crippen LogP contribution in [0.25, 0.3) is 11.3 Å². The van der Waals surface area contributed by atoms with Crippen molar-refractivity contribution in [3.8, 4) is 17.0 Å². The normalized spacial score (nSPS) is 22.3. The van der Waals surface area contributed by atoms with Crippen molar-refractivity contribution in [1.29, 1.82) is 0 Å². The van der Waals surface area contributed by atoms with Crippen molar-refractivity contribution in [2.45, 2.75) is 64.3 Å². The van der Waals surface area contributed by atoms with Crippen LogP contribution in [-0.2, 0) is 19.0 Å². The van der Waals surface area contributed by atoms with E-state index >= 15 is 0 Å². The first kappa shape index (κ1) is 30.4. The molecule has 0 spiro atoms. The summed E-state index contributed by atoms with van der Waals surface area (Å²) in [5.41, 5.74) is 0.128. The molecular formula is C29H37ClN4O7S. The number of aromatic nitrogens is 1. The fraction of sp³-hybridized carbons (Fsp3) is 0.552. The van der Waals surface area contributed by atoms with Gasteiger partial charge in [0.1, 0.15) is 28.6 Å². The second-order valence-corrected chi connectivity index (χ2v) is 14.6. The number of hydrogen-bond acceptors (Lipinski definition) is 9. The quantitative estimate of drug-likeness (QED) is 0.464. The number of nitrogens with zero attached hydrogens (tertiary/aromatic N) is 4. The Balaban J connectivity index is 1.57. The second-order valence-electron chi connectivity index (χ2n) is 12.6. The number of carbonyl (C=O) groups is 2. The third-order valence-electron chi connectivity index (χ3n) is 7.56. The van der Waals surface area contributed by atoms with E-state index < -0.39 is 39.5 Å². The van der Waals surface area contributed by atoms with E-state index in [1.807, 2.05) is 69.9 Å². The largest absolute Gasteiger partial charge is 0.489 e. The maximum atomic E-state index is 14.3. The minimum atomic E-state index is -3.71. The lowest BCUT2D eigenvalue weighted by molar-refractivity contribution is 0.000951. The van der Waals surface area contributed by atoms with Crippen molar-refractivity contribution in [1.82, 2.24) is 14.8 Å². The van der Waals surface area contributed by atoms with Gasteiger partial charge in [0.25, 0.3) is 16.0 Å². The van der Waals surface area contributed by atoms with Crippen LogP contribution in [-0.4, -0.2) is 97.5 Å². The number of carbonyl (C=O) groups excluding carboxylic acids is 2. The molecule has 0 unspecified atom stereocenters. The highest BCUT2D eigenvalue weighted by atomic mass is 35.5. The van der Waals surface area contributed by atoms with E-state index in [-0.39, 0.29) is 48.5 Å². The van der Waals surface area contributed by atoms with E-state index in [4.69, 9.17) is 30.2 Å². The van der Waals surface area contributed by atoms with Gasteiger partial charge in [0.05, 0.1) is 24.1 Å². The summed E-state index contributed by atoms with van der Waals surface area (Å²) in [7, 11) is -3.71. The first-order chi connectivity index (χ1) is 19.5. The van der Waals surface area contributed by atoms with Gasteiger partial charge in [-0.1, -0.05) is 41.9 Å². The van der Waals surface area contributed by atoms with E-state index in [2.05, 4.69) is 0 Å². The Morgan fingerprint density at radius 1 is 1.14 bits per heavy atom. The van der Waals surface area contributed by atoms with Crippen molar-refractivity contribution < 1.29 is 31.7 Å². The van der Waals surface area contributed by atoms with E-state index in [1.54, 1.807) is 9.80 Å². The molecule has 13 heteroatoms. The van der Waals surface area contributed by atoms with Gasteiger partial charge in [0, 0.05) is 37.3 Å². The molecule has 0 N–H and O–H groups in total. The fourth-order valence-electron chi connectivity index (χ4n) is 5.79. The fourth-order valence-corrected chi connectivity index (χ4v) is 6.71. The minimum absolute atomic E-state index is 0.110. The summed E-state index contributed by atoms with van der Waals surface area (Å²) in [6.07, 6.45) is 0.345. The molecule has 2 amide bonds. The van der Waals surface area contributed by atoms with E-state index in [0.717, 1.165) is 11.8 Å². The highest BCUT2D eigenvalue weighted by Gasteiger charge is 2.46. The number of amides is 2. The molecule has 11 nitrogen and oxygen atoms in total. The molecule has 228 valence electrons. The second kappa shape index (κ2) is 10.9. The zero-order valence-corrected chi connectivity index (χ0v) is 26.3. The average molecular weight is 621 g/mol. The van der Waals surface area contributed by atoms with Crippen LogP contribution >= 0.6 is 11.6 Å². The Bertz CT molecular complexity index is 1490. The zero-order valence-electron chi connectivity index (χ0n) is 24.7. The van der Waals surface area contributed by atoms with E-state index in [9.17, 15) is 18.0 Å². The molecule has 3 aliphatic heterocycles. The van der Waals surface area contributed by atoms with Crippen LogP contribution in [0.5, 0.6) is 5.75 Å². The highest BCUT2D eigenvalue weighted by molar-refractivity contribution is 7.86. The molecule has 2 fully saturated rings. The van der Waals surface area contributed by atoms with Crippen LogP contribution < -0.4 is 9.64 Å². The molecule has 3 aliphatic rings. The average Bonchev–Trinajstić information content (AvgIpc) is 3.08. The number of halogens is 1. The van der Waals surface area contributed by atoms with Gasteiger partial charge in [-0.05, 0) is 41.0 Å². The molecular weight excluding hydrogens is 584 g/mol. The van der Waals surface area contributed by atoms with Crippen molar-refractivity contribution in [3.05, 3.63) is 40.9 Å². The number of piperazine rings is 1. The van der Waals surface area contributed by atoms with Gasteiger partial charge in [-0.2, -0.15) is 8.42 Å². The summed E-state index contributed by atoms with van der Waals surface area (Å²) in [6, 6.07) is 8.92. The third-order valence-corrected chi connectivity index (χ3v) is 8.54. The monoisotopic (exact) mass is 620 g/mol. The molecule has 5 rings (SSSR count). The topological polar surface area (TPSA) is 119 Å². The maximum absolute atomic E-state index is 14.3. The summed E-state index contributed by atoms with van der Waals surface area (Å²) in [4.78, 5) is 37.3. The van der Waals surface area contributed by atoms with Gasteiger partial charge in [-0.15, -0.1) is 0 Å². The van der Waals surface area contributed by atoms with Crippen LogP contribution in [0.3, 0.4) is 0 Å². The summed E-state index contributed by atoms with van der Waals surface area (Å²) in [5, 5.41) is 0.207. The third kappa shape index (κ3) is 6.16. The summed E-state index contributed by atoms with van der Waals surface area (Å²) in [6.45, 7) is 10.4. The van der Waals surface area contributed by atoms with Gasteiger partial charge in [-0.25, -0.2) is 9.78 Å². The number of pyridine rings is 1. The van der Waals surface area contributed by atoms with E-state index in [1.165, 1.54) is 0 Å². The number of ether oxygens (including phenoxy) is 2. The first-order valence-corrected chi connectivity index (χ1v) is 16.1. The molecule has 2 aromatic rings. The lowest BCUT2D eigenvalue weighted by Gasteiger charge is -2.40. The molecule has 1 aromatic carbocycles. The molecule has 0 saturated carbocycles. The number of rotatable bonds is 4. The minimum Gasteiger partial charge on any atom is -0.489 e. The number of anilines is 1. The summed E-state index contributed by atoms with van der Waals surface area (Å²) < 4.78 is 41.2. The Morgan fingerprint density at radius 3 is 2.48 bits per heavy atom. The van der Waals surface area contributed by atoms with Crippen LogP contribution in [0.1, 0.15) is 51.4 Å². The van der Waals surface area contributed by atoms with Crippen molar-refractivity contribution >= 4 is 39.5 Å². The standard InChI is InChI=1S/C29H37ClN4O7S/c1-28(2,3)40-27(36)32-12-13-33-19(15-32)17-39-24-21(26(33)35)25(31-23(22(24)30)18-10-8-7-9-11-18)34-16-20(14-29(34,4)5)41-42(6,37)38/h7-11,19-20H,12-17H2,1-6H3/t19-,20+/m1/s1. The van der Waals surface area contributed by atoms with Gasteiger partial charge in [0.15, 0.2) is 5.75 Å². The number of hydrogen-bond donors (Lipinski definition) is 0. The number of fused-ring (bicyclic) bond motifs is 2. The van der Waals surface area contributed by atoms with Crippen LogP contribution in [0.2, 0.25) is 5.02 Å². The molecule has 2 atom stereocenters. The Kier molecular flexibility index (Phi) is 7.86. The first-order valence-electron chi connectivity index (χ1n) is 13.9. The van der Waals surface area contributed by atoms with Crippen LogP contribution in [0, 0.1) is 0 Å². The van der Waals surface area contributed by atoms with Crippen LogP contribution in [0.15, 0.2) is 30.3 Å². The Hall–Kier alpha value is -3.09. The van der Waals surface area contributed by atoms with Gasteiger partial charge in [-0.3, -0.25) is 8.98 Å². The zero-order chi connectivity index (χ0) is 30.6. The molecule has 1 aromatic heterocycles. The molecule has 0 radical (unpaired) electrons. The summed E-state index contributed by atoms with van der Waals surface area (Å²) in [5.74, 6) is 0.244. The maximum Gasteiger partial charge on any atom is 0.410 e. The van der Waals surface area contributed by atoms with Crippen molar-refractivity contribution in [2.24, 2.45) is 0 Å². The smallest absolute Gasteiger partial charge is 0.410 e. The lowest BCUT2D eigenvalue weighted by atomic mass is 10.00. The molecule has 0 bridgehead atoms. The number of benzene rings is 1. The lowest BCUT2D eigenvalue weighted by Crippen LogP contribution is -2.58. The SMILES string of the molecule is CC(C)(C)OC(=O)N1CCN2C(=O)c3c(N4C[C@@H](OS(C)(=O)=O)CC4(C)C)nc(-c4ccccc4)c(Cl)c3OC[C@H]2C1. The predicted molar refractivity (Wildman–Crippen MR) is 159 cm³/mol. The van der Waals surface area contributed by atoms with E-state index in [0.29, 0.717) is 24.5 Å². The Labute approximate surface area is 251 Å². The van der Waals surface area contributed by atoms with Gasteiger partial charge < -0.3 is 24.2 Å². The molecule has 42 heavy (non-hydrogen) atoms. The van der Waals surface area contributed by atoms with Crippen molar-refractivity contribution in [2.75, 3.05) is 43.9 Å². The van der Waals surface area contributed by atoms with Gasteiger partial charge in [0.2, 0.25) is 0 Å². The molecule has 2 saturated heterocycles. The molecule has 4 heterocycles. The Morgan fingerprint density at radius 2 is 1.83 bits per heavy atom. The highest BCUT2D eigenvalue weighted by Crippen LogP contribution is 2.46. The van der Waals surface area contributed by atoms with Crippen LogP contribution in [0.4, 0.5) is 10.6 Å².